The average Bonchev–Trinajstić information content (AvgIpc) is 3.41. The Hall–Kier alpha value is -4.05. The van der Waals surface area contributed by atoms with Crippen LogP contribution in [-0.4, -0.2) is 15.9 Å². The second kappa shape index (κ2) is 9.78. The van der Waals surface area contributed by atoms with Crippen LogP contribution in [0.25, 0.3) is 66.4 Å². The van der Waals surface area contributed by atoms with Crippen molar-refractivity contribution in [2.45, 2.75) is 13.8 Å². The summed E-state index contributed by atoms with van der Waals surface area (Å²) in [5.41, 5.74) is 9.58. The number of aliphatic hydroxyl groups excluding tert-OH is 1. The summed E-state index contributed by atoms with van der Waals surface area (Å²) in [6.07, 6.45) is 1.17. The molecule has 0 aliphatic heterocycles. The smallest absolute Gasteiger partial charge is 0.155 e. The van der Waals surface area contributed by atoms with Crippen molar-refractivity contribution < 1.29 is 34.4 Å². The van der Waals surface area contributed by atoms with Crippen LogP contribution < -0.4 is 0 Å². The Bertz CT molecular complexity index is 1840. The van der Waals surface area contributed by atoms with Crippen molar-refractivity contribution >= 4 is 38.6 Å². The average molecular weight is 661 g/mol. The van der Waals surface area contributed by atoms with E-state index in [4.69, 9.17) is 14.5 Å². The minimum Gasteiger partial charge on any atom is -0.512 e. The first-order valence-corrected chi connectivity index (χ1v) is 11.7. The van der Waals surface area contributed by atoms with E-state index in [-0.39, 0.29) is 31.6 Å². The number of fused-ring (bicyclic) bond motifs is 6. The molecule has 1 aliphatic rings. The number of rotatable bonds is 2. The summed E-state index contributed by atoms with van der Waals surface area (Å²) < 4.78 is 6.23. The van der Waals surface area contributed by atoms with Crippen molar-refractivity contribution in [1.82, 2.24) is 4.98 Å². The molecule has 2 aromatic heterocycles. The molecule has 37 heavy (non-hydrogen) atoms. The number of carbonyl (C=O) groups excluding carboxylic acids is 1. The maximum Gasteiger partial charge on any atom is 0.155 e. The molecule has 1 N–H and O–H groups in total. The number of furan rings is 1. The van der Waals surface area contributed by atoms with Crippen LogP contribution in [0.1, 0.15) is 13.8 Å². The number of aliphatic hydroxyl groups is 1. The summed E-state index contributed by atoms with van der Waals surface area (Å²) in [5.74, 6) is -0.0625. The van der Waals surface area contributed by atoms with Gasteiger partial charge in [0.15, 0.2) is 5.78 Å². The van der Waals surface area contributed by atoms with Crippen molar-refractivity contribution in [2.75, 3.05) is 0 Å². The SMILES string of the molecule is CC(=O)C=C(C)O.[Ir].[c-]1ccc2c(oc3ccccc32)c1-c1cc2c3c(cccc3n1)-c1ccccc1-2. The molecule has 6 aromatic rings. The number of hydrogen-bond donors (Lipinski definition) is 1. The van der Waals surface area contributed by atoms with Crippen LogP contribution in [0, 0.1) is 6.07 Å². The van der Waals surface area contributed by atoms with E-state index in [1.54, 1.807) is 0 Å². The fraction of sp³-hybridized carbons (Fsp3) is 0.0625. The number of nitrogens with zero attached hydrogens (tertiary/aromatic N) is 1. The molecule has 183 valence electrons. The first kappa shape index (κ1) is 24.6. The van der Waals surface area contributed by atoms with Gasteiger partial charge in [-0.2, -0.15) is 0 Å². The second-order valence-corrected chi connectivity index (χ2v) is 8.89. The Morgan fingerprint density at radius 3 is 2.30 bits per heavy atom. The number of aromatic nitrogens is 1. The van der Waals surface area contributed by atoms with Gasteiger partial charge in [0, 0.05) is 37.0 Å². The summed E-state index contributed by atoms with van der Waals surface area (Å²) in [6, 6.07) is 32.7. The Morgan fingerprint density at radius 1 is 0.865 bits per heavy atom. The number of para-hydroxylation sites is 1. The normalized spacial score (nSPS) is 11.7. The van der Waals surface area contributed by atoms with Crippen LogP contribution in [-0.2, 0) is 24.9 Å². The van der Waals surface area contributed by atoms with Gasteiger partial charge in [0.1, 0.15) is 5.58 Å². The third kappa shape index (κ3) is 4.27. The van der Waals surface area contributed by atoms with Gasteiger partial charge >= 0.3 is 0 Å². The summed E-state index contributed by atoms with van der Waals surface area (Å²) in [5, 5.41) is 11.8. The Balaban J connectivity index is 0.000000313. The molecular formula is C32H22IrNO3-. The van der Waals surface area contributed by atoms with Gasteiger partial charge in [0.25, 0.3) is 0 Å². The van der Waals surface area contributed by atoms with E-state index in [2.05, 4.69) is 66.7 Å². The third-order valence-electron chi connectivity index (χ3n) is 6.35. The van der Waals surface area contributed by atoms with Gasteiger partial charge in [-0.15, -0.1) is 18.2 Å². The van der Waals surface area contributed by atoms with Gasteiger partial charge < -0.3 is 9.52 Å². The number of pyridine rings is 1. The molecule has 0 saturated carbocycles. The minimum atomic E-state index is -0.125. The van der Waals surface area contributed by atoms with Gasteiger partial charge in [-0.3, -0.25) is 9.78 Å². The molecule has 1 aliphatic carbocycles. The largest absolute Gasteiger partial charge is 0.512 e. The molecule has 5 heteroatoms. The van der Waals surface area contributed by atoms with Crippen LogP contribution in [0.2, 0.25) is 0 Å². The van der Waals surface area contributed by atoms with Gasteiger partial charge in [-0.25, -0.2) is 0 Å². The molecule has 0 fully saturated rings. The van der Waals surface area contributed by atoms with E-state index < -0.39 is 0 Å². The topological polar surface area (TPSA) is 63.3 Å². The summed E-state index contributed by atoms with van der Waals surface area (Å²) in [4.78, 5) is 15.0. The molecular weight excluding hydrogens is 639 g/mol. The fourth-order valence-corrected chi connectivity index (χ4v) is 4.98. The van der Waals surface area contributed by atoms with Gasteiger partial charge in [0.05, 0.1) is 16.9 Å². The zero-order valence-electron chi connectivity index (χ0n) is 20.2. The van der Waals surface area contributed by atoms with Crippen molar-refractivity contribution in [3.8, 4) is 33.5 Å². The quantitative estimate of drug-likeness (QED) is 0.115. The monoisotopic (exact) mass is 661 g/mol. The predicted molar refractivity (Wildman–Crippen MR) is 145 cm³/mol. The van der Waals surface area contributed by atoms with E-state index in [0.29, 0.717) is 0 Å². The summed E-state index contributed by atoms with van der Waals surface area (Å²) in [6.45, 7) is 2.85. The van der Waals surface area contributed by atoms with Crippen molar-refractivity contribution in [2.24, 2.45) is 0 Å². The number of hydrogen-bond acceptors (Lipinski definition) is 4. The maximum absolute atomic E-state index is 10.0. The number of carbonyl (C=O) groups is 1. The second-order valence-electron chi connectivity index (χ2n) is 8.89. The van der Waals surface area contributed by atoms with E-state index in [1.807, 2.05) is 24.3 Å². The van der Waals surface area contributed by atoms with Crippen LogP contribution in [0.4, 0.5) is 0 Å². The van der Waals surface area contributed by atoms with Crippen molar-refractivity contribution in [3.63, 3.8) is 0 Å². The van der Waals surface area contributed by atoms with Crippen LogP contribution in [0.15, 0.2) is 101 Å². The van der Waals surface area contributed by atoms with Crippen molar-refractivity contribution in [3.05, 3.63) is 103 Å². The molecule has 0 saturated heterocycles. The van der Waals surface area contributed by atoms with Crippen LogP contribution in [0.5, 0.6) is 0 Å². The summed E-state index contributed by atoms with van der Waals surface area (Å²) in [7, 11) is 0. The number of ketones is 1. The number of allylic oxidation sites excluding steroid dienone is 2. The Labute approximate surface area is 227 Å². The van der Waals surface area contributed by atoms with Gasteiger partial charge in [0.2, 0.25) is 0 Å². The Kier molecular flexibility index (Phi) is 6.51. The first-order chi connectivity index (χ1) is 17.5. The molecule has 2 heterocycles. The molecule has 0 spiro atoms. The number of benzene rings is 4. The predicted octanol–water partition coefficient (Wildman–Crippen LogP) is 8.28. The van der Waals surface area contributed by atoms with Crippen LogP contribution >= 0.6 is 0 Å². The standard InChI is InChI=1S/C27H14NO.C5H8O2.Ir/c1-2-8-17-16(7-1)19-10-6-13-23-26(19)22(17)15-24(28-23)21-12-5-11-20-18-9-3-4-14-25(18)29-27(20)21;1-4(6)3-5(2)7;/h1-11,13-15H;3,6H,1-2H3;/q-1;;. The fourth-order valence-electron chi connectivity index (χ4n) is 4.98. The molecule has 0 unspecified atom stereocenters. The molecule has 7 rings (SSSR count). The Morgan fingerprint density at radius 2 is 1.57 bits per heavy atom. The molecule has 0 atom stereocenters. The van der Waals surface area contributed by atoms with Gasteiger partial charge in [-0.05, 0) is 53.9 Å². The van der Waals surface area contributed by atoms with Crippen molar-refractivity contribution in [1.29, 1.82) is 0 Å². The van der Waals surface area contributed by atoms with E-state index in [1.165, 1.54) is 47.6 Å². The first-order valence-electron chi connectivity index (χ1n) is 11.7. The molecule has 0 bridgehead atoms. The molecule has 4 aromatic carbocycles. The molecule has 1 radical (unpaired) electrons. The van der Waals surface area contributed by atoms with Crippen LogP contribution in [0.3, 0.4) is 0 Å². The maximum atomic E-state index is 10.0. The van der Waals surface area contributed by atoms with Gasteiger partial charge in [-0.1, -0.05) is 71.6 Å². The third-order valence-corrected chi connectivity index (χ3v) is 6.35. The minimum absolute atomic E-state index is 0. The van der Waals surface area contributed by atoms with E-state index in [9.17, 15) is 4.79 Å². The van der Waals surface area contributed by atoms with E-state index in [0.717, 1.165) is 38.7 Å². The van der Waals surface area contributed by atoms with E-state index >= 15 is 0 Å². The molecule has 0 amide bonds. The molecule has 4 nitrogen and oxygen atoms in total. The summed E-state index contributed by atoms with van der Waals surface area (Å²) >= 11 is 0. The zero-order chi connectivity index (χ0) is 24.8. The zero-order valence-corrected chi connectivity index (χ0v) is 22.6.